The lowest BCUT2D eigenvalue weighted by Crippen LogP contribution is -2.42. The summed E-state index contributed by atoms with van der Waals surface area (Å²) in [5, 5.41) is 3.62. The van der Waals surface area contributed by atoms with Gasteiger partial charge < -0.3 is 10.2 Å². The maximum atomic E-state index is 3.62. The lowest BCUT2D eigenvalue weighted by atomic mass is 10.0. The van der Waals surface area contributed by atoms with E-state index >= 15 is 0 Å². The second kappa shape index (κ2) is 7.06. The van der Waals surface area contributed by atoms with Crippen LogP contribution < -0.4 is 5.32 Å². The van der Waals surface area contributed by atoms with Gasteiger partial charge in [0, 0.05) is 19.1 Å². The molecule has 0 bridgehead atoms. The molecule has 1 saturated heterocycles. The quantitative estimate of drug-likeness (QED) is 0.873. The number of rotatable bonds is 5. The summed E-state index contributed by atoms with van der Waals surface area (Å²) in [4.78, 5) is 2.50. The Bertz CT molecular complexity index is 387. The molecule has 1 aromatic rings. The zero-order valence-corrected chi connectivity index (χ0v) is 12.6. The van der Waals surface area contributed by atoms with Crippen molar-refractivity contribution in [1.82, 2.24) is 10.2 Å². The van der Waals surface area contributed by atoms with Crippen LogP contribution in [0, 0.1) is 5.92 Å². The monoisotopic (exact) mass is 259 g/mol. The minimum atomic E-state index is 0.719. The summed E-state index contributed by atoms with van der Waals surface area (Å²) in [7, 11) is 2.25. The van der Waals surface area contributed by atoms with Crippen LogP contribution in [0.25, 0.3) is 0 Å². The van der Waals surface area contributed by atoms with E-state index in [2.05, 4.69) is 55.4 Å². The molecule has 1 aromatic carbocycles. The van der Waals surface area contributed by atoms with E-state index in [1.807, 2.05) is 0 Å². The zero-order valence-electron chi connectivity index (χ0n) is 12.6. The highest BCUT2D eigenvalue weighted by atomic mass is 15.2. The van der Waals surface area contributed by atoms with Crippen LogP contribution in [0.5, 0.6) is 0 Å². The highest BCUT2D eigenvalue weighted by Gasteiger charge is 2.17. The molecule has 1 aliphatic rings. The van der Waals surface area contributed by atoms with Gasteiger partial charge in [-0.05, 0) is 43.5 Å². The standard InChI is InChI=1S/C17H27N2/c1-14(2)16-8-6-7-15(11-16)12-18-13-17-9-4-5-10-19(17)3/h6-8,11,17-18H,4-5,9-10,12-13H2,1-3H3. The number of likely N-dealkylation sites (tertiary alicyclic amines) is 1. The van der Waals surface area contributed by atoms with Crippen LogP contribution in [0.1, 0.15) is 44.2 Å². The minimum absolute atomic E-state index is 0.719. The van der Waals surface area contributed by atoms with Gasteiger partial charge in [0.25, 0.3) is 0 Å². The number of benzene rings is 1. The highest BCUT2D eigenvalue weighted by Crippen LogP contribution is 2.16. The van der Waals surface area contributed by atoms with Gasteiger partial charge in [0.2, 0.25) is 0 Å². The summed E-state index contributed by atoms with van der Waals surface area (Å²) in [6.45, 7) is 7.68. The van der Waals surface area contributed by atoms with Gasteiger partial charge in [-0.3, -0.25) is 0 Å². The van der Waals surface area contributed by atoms with Crippen molar-refractivity contribution in [2.24, 2.45) is 0 Å². The summed E-state index contributed by atoms with van der Waals surface area (Å²) < 4.78 is 0. The first-order chi connectivity index (χ1) is 9.16. The number of hydrogen-bond acceptors (Lipinski definition) is 2. The topological polar surface area (TPSA) is 15.3 Å². The molecule has 2 nitrogen and oxygen atoms in total. The van der Waals surface area contributed by atoms with Crippen molar-refractivity contribution in [3.8, 4) is 0 Å². The van der Waals surface area contributed by atoms with E-state index in [4.69, 9.17) is 0 Å². The van der Waals surface area contributed by atoms with E-state index in [1.54, 1.807) is 0 Å². The van der Waals surface area contributed by atoms with Gasteiger partial charge >= 0.3 is 0 Å². The average Bonchev–Trinajstić information content (AvgIpc) is 2.41. The van der Waals surface area contributed by atoms with Crippen LogP contribution in [0.2, 0.25) is 0 Å². The fourth-order valence-electron chi connectivity index (χ4n) is 2.78. The van der Waals surface area contributed by atoms with Crippen LogP contribution in [-0.2, 0) is 6.54 Å². The first-order valence-corrected chi connectivity index (χ1v) is 7.47. The van der Waals surface area contributed by atoms with Gasteiger partial charge in [0.1, 0.15) is 0 Å². The van der Waals surface area contributed by atoms with Crippen LogP contribution in [0.3, 0.4) is 0 Å². The van der Waals surface area contributed by atoms with Crippen LogP contribution in [0.4, 0.5) is 0 Å². The van der Waals surface area contributed by atoms with Crippen molar-refractivity contribution in [2.45, 2.75) is 45.7 Å². The summed E-state index contributed by atoms with van der Waals surface area (Å²) >= 11 is 0. The van der Waals surface area contributed by atoms with Crippen molar-refractivity contribution in [3.63, 3.8) is 0 Å². The Morgan fingerprint density at radius 2 is 2.16 bits per heavy atom. The van der Waals surface area contributed by atoms with E-state index in [0.29, 0.717) is 0 Å². The molecule has 0 saturated carbocycles. The van der Waals surface area contributed by atoms with Crippen LogP contribution in [-0.4, -0.2) is 31.1 Å². The molecule has 1 N–H and O–H groups in total. The molecule has 1 atom stereocenters. The van der Waals surface area contributed by atoms with E-state index in [9.17, 15) is 0 Å². The molecule has 1 fully saturated rings. The Morgan fingerprint density at radius 3 is 2.89 bits per heavy atom. The van der Waals surface area contributed by atoms with E-state index in [1.165, 1.54) is 42.9 Å². The second-order valence-electron chi connectivity index (χ2n) is 5.96. The van der Waals surface area contributed by atoms with Gasteiger partial charge in [-0.2, -0.15) is 0 Å². The van der Waals surface area contributed by atoms with Gasteiger partial charge in [-0.25, -0.2) is 0 Å². The van der Waals surface area contributed by atoms with Crippen molar-refractivity contribution in [1.29, 1.82) is 0 Å². The van der Waals surface area contributed by atoms with E-state index in [-0.39, 0.29) is 0 Å². The van der Waals surface area contributed by atoms with Crippen molar-refractivity contribution in [2.75, 3.05) is 20.1 Å². The molecule has 0 spiro atoms. The highest BCUT2D eigenvalue weighted by molar-refractivity contribution is 5.32. The molecule has 1 radical (unpaired) electrons. The van der Waals surface area contributed by atoms with Crippen molar-refractivity contribution >= 4 is 0 Å². The third-order valence-electron chi connectivity index (χ3n) is 4.13. The second-order valence-corrected chi connectivity index (χ2v) is 5.96. The molecule has 1 aliphatic heterocycles. The zero-order chi connectivity index (χ0) is 13.7. The summed E-state index contributed by atoms with van der Waals surface area (Å²) in [5.74, 6) is 1.38. The van der Waals surface area contributed by atoms with Crippen LogP contribution >= 0.6 is 0 Å². The fraction of sp³-hybridized carbons (Fsp3) is 0.588. The first kappa shape index (κ1) is 14.5. The van der Waals surface area contributed by atoms with E-state index in [0.717, 1.165) is 19.1 Å². The summed E-state index contributed by atoms with van der Waals surface area (Å²) in [5.41, 5.74) is 2.74. The smallest absolute Gasteiger partial charge is 0.0217 e. The SMILES string of the molecule is C[C](C)c1cccc(CNCC2CCCCN2C)c1. The predicted octanol–water partition coefficient (Wildman–Crippen LogP) is 3.22. The molecular formula is C17H27N2. The van der Waals surface area contributed by atoms with Crippen LogP contribution in [0.15, 0.2) is 24.3 Å². The Labute approximate surface area is 118 Å². The summed E-state index contributed by atoms with van der Waals surface area (Å²) in [6, 6.07) is 9.58. The third kappa shape index (κ3) is 4.32. The minimum Gasteiger partial charge on any atom is -0.311 e. The van der Waals surface area contributed by atoms with E-state index < -0.39 is 0 Å². The first-order valence-electron chi connectivity index (χ1n) is 7.47. The van der Waals surface area contributed by atoms with Gasteiger partial charge in [0.05, 0.1) is 0 Å². The third-order valence-corrected chi connectivity index (χ3v) is 4.13. The molecule has 2 rings (SSSR count). The molecule has 1 unspecified atom stereocenters. The normalized spacial score (nSPS) is 20.9. The number of likely N-dealkylation sites (N-methyl/N-ethyl adjacent to an activating group) is 1. The molecule has 0 aromatic heterocycles. The number of hydrogen-bond donors (Lipinski definition) is 1. The predicted molar refractivity (Wildman–Crippen MR) is 82.1 cm³/mol. The number of piperidine rings is 1. The maximum absolute atomic E-state index is 3.62. The summed E-state index contributed by atoms with van der Waals surface area (Å²) in [6.07, 6.45) is 4.09. The van der Waals surface area contributed by atoms with Gasteiger partial charge in [0.15, 0.2) is 0 Å². The largest absolute Gasteiger partial charge is 0.311 e. The fourth-order valence-corrected chi connectivity index (χ4v) is 2.78. The Kier molecular flexibility index (Phi) is 5.41. The van der Waals surface area contributed by atoms with Gasteiger partial charge in [-0.1, -0.05) is 44.5 Å². The molecule has 1 heterocycles. The molecule has 0 aliphatic carbocycles. The lowest BCUT2D eigenvalue weighted by Gasteiger charge is -2.32. The lowest BCUT2D eigenvalue weighted by molar-refractivity contribution is 0.181. The molecular weight excluding hydrogens is 232 g/mol. The molecule has 0 amide bonds. The molecule has 19 heavy (non-hydrogen) atoms. The average molecular weight is 259 g/mol. The molecule has 2 heteroatoms. The number of nitrogens with zero attached hydrogens (tertiary/aromatic N) is 1. The number of nitrogens with one attached hydrogen (secondary N) is 1. The van der Waals surface area contributed by atoms with Crippen molar-refractivity contribution < 1.29 is 0 Å². The molecule has 105 valence electrons. The van der Waals surface area contributed by atoms with Crippen molar-refractivity contribution in [3.05, 3.63) is 41.3 Å². The Morgan fingerprint density at radius 1 is 1.32 bits per heavy atom. The Hall–Kier alpha value is -0.860. The maximum Gasteiger partial charge on any atom is 0.0217 e. The Balaban J connectivity index is 1.80. The van der Waals surface area contributed by atoms with Gasteiger partial charge in [-0.15, -0.1) is 0 Å².